The summed E-state index contributed by atoms with van der Waals surface area (Å²) >= 11 is 0. The highest BCUT2D eigenvalue weighted by Crippen LogP contribution is 2.29. The molecule has 0 aliphatic heterocycles. The smallest absolute Gasteiger partial charge is 0.0762 e. The molecule has 20 heavy (non-hydrogen) atoms. The largest absolute Gasteiger partial charge is 0.311 e. The zero-order chi connectivity index (χ0) is 13.8. The summed E-state index contributed by atoms with van der Waals surface area (Å²) in [6.07, 6.45) is 13.2. The van der Waals surface area contributed by atoms with Gasteiger partial charge < -0.3 is 5.32 Å². The second kappa shape index (κ2) is 6.75. The molecule has 2 fully saturated rings. The van der Waals surface area contributed by atoms with Crippen molar-refractivity contribution in [3.8, 4) is 0 Å². The summed E-state index contributed by atoms with van der Waals surface area (Å²) in [5.74, 6) is 1.84. The lowest BCUT2D eigenvalue weighted by Crippen LogP contribution is -2.26. The van der Waals surface area contributed by atoms with Crippen molar-refractivity contribution in [1.82, 2.24) is 15.1 Å². The van der Waals surface area contributed by atoms with E-state index in [1.165, 1.54) is 63.6 Å². The first kappa shape index (κ1) is 14.1. The van der Waals surface area contributed by atoms with Crippen LogP contribution in [0.15, 0.2) is 12.3 Å². The first-order valence-corrected chi connectivity index (χ1v) is 8.56. The van der Waals surface area contributed by atoms with E-state index < -0.39 is 0 Å². The van der Waals surface area contributed by atoms with Gasteiger partial charge in [-0.25, -0.2) is 0 Å². The van der Waals surface area contributed by atoms with Gasteiger partial charge in [0.05, 0.1) is 11.7 Å². The van der Waals surface area contributed by atoms with Crippen LogP contribution in [0.1, 0.15) is 70.0 Å². The van der Waals surface area contributed by atoms with Gasteiger partial charge in [0.2, 0.25) is 0 Å². The minimum Gasteiger partial charge on any atom is -0.311 e. The molecule has 0 aromatic carbocycles. The van der Waals surface area contributed by atoms with E-state index in [9.17, 15) is 0 Å². The molecule has 3 rings (SSSR count). The molecular weight excluding hydrogens is 246 g/mol. The third-order valence-electron chi connectivity index (χ3n) is 5.24. The zero-order valence-electron chi connectivity index (χ0n) is 12.9. The lowest BCUT2D eigenvalue weighted by atomic mass is 9.83. The van der Waals surface area contributed by atoms with E-state index in [0.29, 0.717) is 6.04 Å². The molecule has 0 radical (unpaired) electrons. The van der Waals surface area contributed by atoms with Gasteiger partial charge in [0.25, 0.3) is 0 Å². The van der Waals surface area contributed by atoms with Crippen molar-refractivity contribution in [3.05, 3.63) is 18.0 Å². The van der Waals surface area contributed by atoms with E-state index in [-0.39, 0.29) is 0 Å². The predicted octanol–water partition coefficient (Wildman–Crippen LogP) is 3.91. The van der Waals surface area contributed by atoms with Gasteiger partial charge in [-0.2, -0.15) is 5.10 Å². The van der Waals surface area contributed by atoms with Gasteiger partial charge in [-0.1, -0.05) is 32.6 Å². The van der Waals surface area contributed by atoms with Crippen molar-refractivity contribution in [2.45, 2.75) is 70.9 Å². The van der Waals surface area contributed by atoms with Crippen molar-refractivity contribution < 1.29 is 0 Å². The Hall–Kier alpha value is -0.830. The third-order valence-corrected chi connectivity index (χ3v) is 5.24. The molecule has 0 saturated heterocycles. The molecule has 3 heteroatoms. The molecule has 0 unspecified atom stereocenters. The van der Waals surface area contributed by atoms with Gasteiger partial charge in [-0.3, -0.25) is 4.68 Å². The van der Waals surface area contributed by atoms with E-state index in [1.54, 1.807) is 0 Å². The van der Waals surface area contributed by atoms with Crippen LogP contribution in [-0.2, 0) is 6.54 Å². The molecule has 1 aromatic rings. The maximum Gasteiger partial charge on any atom is 0.0762 e. The predicted molar refractivity (Wildman–Crippen MR) is 82.6 cm³/mol. The maximum absolute atomic E-state index is 4.74. The lowest BCUT2D eigenvalue weighted by molar-refractivity contribution is 0.281. The van der Waals surface area contributed by atoms with Gasteiger partial charge in [-0.15, -0.1) is 0 Å². The summed E-state index contributed by atoms with van der Waals surface area (Å²) in [4.78, 5) is 0. The van der Waals surface area contributed by atoms with Crippen LogP contribution in [0.2, 0.25) is 0 Å². The van der Waals surface area contributed by atoms with Crippen molar-refractivity contribution in [1.29, 1.82) is 0 Å². The summed E-state index contributed by atoms with van der Waals surface area (Å²) in [6, 6.07) is 2.86. The van der Waals surface area contributed by atoms with Gasteiger partial charge in [0.1, 0.15) is 0 Å². The summed E-state index contributed by atoms with van der Waals surface area (Å²) in [5.41, 5.74) is 1.21. The van der Waals surface area contributed by atoms with E-state index in [2.05, 4.69) is 29.2 Å². The average Bonchev–Trinajstić information content (AvgIpc) is 3.11. The highest BCUT2D eigenvalue weighted by molar-refractivity contribution is 5.00. The second-order valence-electron chi connectivity index (χ2n) is 6.98. The third kappa shape index (κ3) is 3.63. The summed E-state index contributed by atoms with van der Waals surface area (Å²) in [7, 11) is 0. The summed E-state index contributed by atoms with van der Waals surface area (Å²) in [5, 5.41) is 8.36. The Labute approximate surface area is 123 Å². The second-order valence-corrected chi connectivity index (χ2v) is 6.98. The van der Waals surface area contributed by atoms with Gasteiger partial charge >= 0.3 is 0 Å². The Bertz CT molecular complexity index is 398. The SMILES string of the molecule is CC1CCC(CNCc2ccn(C3CCCC3)n2)CC1. The quantitative estimate of drug-likeness (QED) is 0.883. The van der Waals surface area contributed by atoms with Gasteiger partial charge in [-0.05, 0) is 50.1 Å². The molecule has 1 aromatic heterocycles. The van der Waals surface area contributed by atoms with Crippen molar-refractivity contribution >= 4 is 0 Å². The first-order valence-electron chi connectivity index (χ1n) is 8.56. The average molecular weight is 275 g/mol. The molecular formula is C17H29N3. The molecule has 0 spiro atoms. The van der Waals surface area contributed by atoms with Gasteiger partial charge in [0.15, 0.2) is 0 Å². The summed E-state index contributed by atoms with van der Waals surface area (Å²) < 4.78 is 2.20. The number of rotatable bonds is 5. The standard InChI is InChI=1S/C17H29N3/c1-14-6-8-15(9-7-14)12-18-13-16-10-11-20(19-16)17-4-2-3-5-17/h10-11,14-15,17-18H,2-9,12-13H2,1H3. The van der Waals surface area contributed by atoms with Crippen LogP contribution in [0.4, 0.5) is 0 Å². The Kier molecular flexibility index (Phi) is 4.77. The molecule has 0 bridgehead atoms. The van der Waals surface area contributed by atoms with E-state index >= 15 is 0 Å². The van der Waals surface area contributed by atoms with E-state index in [4.69, 9.17) is 5.10 Å². The Balaban J connectivity index is 1.40. The molecule has 2 aliphatic carbocycles. The Morgan fingerprint density at radius 1 is 1.15 bits per heavy atom. The number of nitrogens with zero attached hydrogens (tertiary/aromatic N) is 2. The fraction of sp³-hybridized carbons (Fsp3) is 0.824. The van der Waals surface area contributed by atoms with E-state index in [0.717, 1.165) is 18.4 Å². The first-order chi connectivity index (χ1) is 9.81. The molecule has 0 atom stereocenters. The van der Waals surface area contributed by atoms with Crippen LogP contribution in [0.3, 0.4) is 0 Å². The van der Waals surface area contributed by atoms with Crippen molar-refractivity contribution in [3.63, 3.8) is 0 Å². The number of hydrogen-bond acceptors (Lipinski definition) is 2. The number of hydrogen-bond donors (Lipinski definition) is 1. The van der Waals surface area contributed by atoms with Crippen LogP contribution in [-0.4, -0.2) is 16.3 Å². The fourth-order valence-corrected chi connectivity index (χ4v) is 3.78. The highest BCUT2D eigenvalue weighted by Gasteiger charge is 2.19. The zero-order valence-corrected chi connectivity index (χ0v) is 12.9. The fourth-order valence-electron chi connectivity index (χ4n) is 3.78. The summed E-state index contributed by atoms with van der Waals surface area (Å²) in [6.45, 7) is 4.49. The van der Waals surface area contributed by atoms with Crippen LogP contribution in [0.25, 0.3) is 0 Å². The monoisotopic (exact) mass is 275 g/mol. The topological polar surface area (TPSA) is 29.9 Å². The Morgan fingerprint density at radius 2 is 1.90 bits per heavy atom. The molecule has 3 nitrogen and oxygen atoms in total. The highest BCUT2D eigenvalue weighted by atomic mass is 15.3. The van der Waals surface area contributed by atoms with Crippen LogP contribution in [0, 0.1) is 11.8 Å². The van der Waals surface area contributed by atoms with E-state index in [1.807, 2.05) is 0 Å². The van der Waals surface area contributed by atoms with Crippen molar-refractivity contribution in [2.24, 2.45) is 11.8 Å². The lowest BCUT2D eigenvalue weighted by Gasteiger charge is -2.26. The van der Waals surface area contributed by atoms with Crippen molar-refractivity contribution in [2.75, 3.05) is 6.54 Å². The number of nitrogens with one attached hydrogen (secondary N) is 1. The maximum atomic E-state index is 4.74. The number of aromatic nitrogens is 2. The molecule has 2 saturated carbocycles. The van der Waals surface area contributed by atoms with Crippen LogP contribution < -0.4 is 5.32 Å². The minimum absolute atomic E-state index is 0.670. The van der Waals surface area contributed by atoms with Crippen LogP contribution >= 0.6 is 0 Å². The molecule has 2 aliphatic rings. The van der Waals surface area contributed by atoms with Gasteiger partial charge in [0, 0.05) is 12.7 Å². The molecule has 1 heterocycles. The molecule has 1 N–H and O–H groups in total. The molecule has 112 valence electrons. The van der Waals surface area contributed by atoms with Crippen LogP contribution in [0.5, 0.6) is 0 Å². The normalized spacial score (nSPS) is 28.1. The Morgan fingerprint density at radius 3 is 2.65 bits per heavy atom. The minimum atomic E-state index is 0.670. The molecule has 0 amide bonds.